The van der Waals surface area contributed by atoms with Crippen molar-refractivity contribution in [3.05, 3.63) is 75.7 Å². The topological polar surface area (TPSA) is 92.1 Å². The lowest BCUT2D eigenvalue weighted by molar-refractivity contribution is 0.0981. The van der Waals surface area contributed by atoms with Crippen LogP contribution in [-0.4, -0.2) is 18.8 Å². The summed E-state index contributed by atoms with van der Waals surface area (Å²) in [5, 5.41) is 3.03. The molecule has 6 nitrogen and oxygen atoms in total. The fourth-order valence-corrected chi connectivity index (χ4v) is 1.86. The molecule has 0 saturated heterocycles. The number of methoxy groups -OCH3 is 1. The second kappa shape index (κ2) is 6.36. The lowest BCUT2D eigenvalue weighted by atomic mass is 9.98. The van der Waals surface area contributed by atoms with E-state index >= 15 is 0 Å². The highest BCUT2D eigenvalue weighted by molar-refractivity contribution is 6.15. The van der Waals surface area contributed by atoms with Gasteiger partial charge in [0.1, 0.15) is 5.75 Å². The highest BCUT2D eigenvalue weighted by Crippen LogP contribution is 2.18. The van der Waals surface area contributed by atoms with Crippen LogP contribution in [0.3, 0.4) is 0 Å². The van der Waals surface area contributed by atoms with Gasteiger partial charge in [-0.15, -0.1) is 0 Å². The smallest absolute Gasteiger partial charge is 0.249 e. The molecule has 0 aromatic heterocycles. The highest BCUT2D eigenvalue weighted by Gasteiger charge is 2.17. The van der Waals surface area contributed by atoms with Crippen LogP contribution in [0.1, 0.15) is 26.3 Å². The third-order valence-corrected chi connectivity index (χ3v) is 2.89. The molecule has 0 radical (unpaired) electrons. The monoisotopic (exact) mass is 281 g/mol. The third-order valence-electron chi connectivity index (χ3n) is 2.89. The molecule has 104 valence electrons. The van der Waals surface area contributed by atoms with Gasteiger partial charge in [-0.3, -0.25) is 9.59 Å². The van der Waals surface area contributed by atoms with E-state index in [-0.39, 0.29) is 16.9 Å². The summed E-state index contributed by atoms with van der Waals surface area (Å²) in [4.78, 5) is 26.6. The molecule has 2 rings (SSSR count). The normalized spacial score (nSPS) is 9.57. The van der Waals surface area contributed by atoms with E-state index in [4.69, 9.17) is 10.3 Å². The van der Waals surface area contributed by atoms with Crippen LogP contribution in [0.4, 0.5) is 0 Å². The van der Waals surface area contributed by atoms with E-state index in [1.165, 1.54) is 19.2 Å². The van der Waals surface area contributed by atoms with E-state index in [1.807, 2.05) is 0 Å². The molecule has 0 aliphatic carbocycles. The average Bonchev–Trinajstić information content (AvgIpc) is 2.54. The number of benzene rings is 2. The maximum absolute atomic E-state index is 12.4. The van der Waals surface area contributed by atoms with Crippen molar-refractivity contribution in [2.45, 2.75) is 0 Å². The molecule has 0 aliphatic heterocycles. The molecule has 0 heterocycles. The minimum atomic E-state index is -0.782. The number of rotatable bonds is 4. The van der Waals surface area contributed by atoms with Crippen molar-refractivity contribution in [1.29, 1.82) is 0 Å². The number of carbonyl (C=O) groups is 2. The maximum atomic E-state index is 12.4. The predicted octanol–water partition coefficient (Wildman–Crippen LogP) is 3.38. The molecule has 0 aliphatic rings. The number of amides is 1. The summed E-state index contributed by atoms with van der Waals surface area (Å²) in [6.45, 7) is 0. The summed E-state index contributed by atoms with van der Waals surface area (Å²) in [5.74, 6) is -0.477. The first-order valence-corrected chi connectivity index (χ1v) is 6.04. The number of nitrogens with zero attached hydrogens (tertiary/aromatic N) is 3. The van der Waals surface area contributed by atoms with Gasteiger partial charge < -0.3 is 4.74 Å². The van der Waals surface area contributed by atoms with Gasteiger partial charge in [0.2, 0.25) is 5.91 Å². The molecule has 1 amide bonds. The molecule has 2 aromatic rings. The second-order valence-corrected chi connectivity index (χ2v) is 4.10. The average molecular weight is 281 g/mol. The van der Waals surface area contributed by atoms with Gasteiger partial charge in [-0.25, -0.2) is 0 Å². The number of ether oxygens (including phenoxy) is 1. The van der Waals surface area contributed by atoms with Gasteiger partial charge >= 0.3 is 0 Å². The van der Waals surface area contributed by atoms with Gasteiger partial charge in [0.25, 0.3) is 0 Å². The van der Waals surface area contributed by atoms with Gasteiger partial charge in [-0.2, -0.15) is 0 Å². The van der Waals surface area contributed by atoms with Crippen LogP contribution in [0.15, 0.2) is 53.6 Å². The molecule has 0 atom stereocenters. The maximum Gasteiger partial charge on any atom is 0.249 e. The van der Waals surface area contributed by atoms with Crippen molar-refractivity contribution in [3.63, 3.8) is 0 Å². The molecule has 21 heavy (non-hydrogen) atoms. The Morgan fingerprint density at radius 3 is 2.24 bits per heavy atom. The van der Waals surface area contributed by atoms with Gasteiger partial charge in [-0.1, -0.05) is 24.3 Å². The van der Waals surface area contributed by atoms with Crippen LogP contribution >= 0.6 is 0 Å². The molecule has 0 bridgehead atoms. The summed E-state index contributed by atoms with van der Waals surface area (Å²) in [5.41, 5.74) is 9.03. The minimum Gasteiger partial charge on any atom is -0.497 e. The van der Waals surface area contributed by atoms with E-state index in [0.717, 1.165) is 0 Å². The molecule has 0 unspecified atom stereocenters. The first-order chi connectivity index (χ1) is 10.2. The van der Waals surface area contributed by atoms with Crippen LogP contribution < -0.4 is 4.74 Å². The quantitative estimate of drug-likeness (QED) is 0.372. The lowest BCUT2D eigenvalue weighted by Gasteiger charge is -2.06. The molecule has 2 aromatic carbocycles. The van der Waals surface area contributed by atoms with Gasteiger partial charge in [0.15, 0.2) is 5.78 Å². The van der Waals surface area contributed by atoms with Crippen molar-refractivity contribution < 1.29 is 14.3 Å². The number of ketones is 1. The first kappa shape index (κ1) is 14.3. The Labute approximate surface area is 120 Å². The standard InChI is InChI=1S/C15H11N3O3/c1-21-11-8-6-10(7-9-11)14(19)12-4-2-3-5-13(12)15(20)17-18-16/h2-9H,1H3. The zero-order chi connectivity index (χ0) is 15.2. The Balaban J connectivity index is 2.43. The molecule has 0 fully saturated rings. The van der Waals surface area contributed by atoms with Crippen LogP contribution in [0.25, 0.3) is 10.4 Å². The van der Waals surface area contributed by atoms with Crippen molar-refractivity contribution >= 4 is 11.7 Å². The first-order valence-electron chi connectivity index (χ1n) is 6.04. The third kappa shape index (κ3) is 3.08. The van der Waals surface area contributed by atoms with E-state index in [1.54, 1.807) is 36.4 Å². The van der Waals surface area contributed by atoms with Crippen LogP contribution in [0.5, 0.6) is 5.75 Å². The second-order valence-electron chi connectivity index (χ2n) is 4.10. The fraction of sp³-hybridized carbons (Fsp3) is 0.0667. The lowest BCUT2D eigenvalue weighted by Crippen LogP contribution is -2.08. The van der Waals surface area contributed by atoms with Crippen LogP contribution in [0.2, 0.25) is 0 Å². The number of azide groups is 1. The molecule has 0 spiro atoms. The van der Waals surface area contributed by atoms with Crippen LogP contribution in [-0.2, 0) is 0 Å². The molecular weight excluding hydrogens is 270 g/mol. The van der Waals surface area contributed by atoms with Gasteiger partial charge in [0.05, 0.1) is 7.11 Å². The molecular formula is C15H11N3O3. The molecule has 6 heteroatoms. The predicted molar refractivity (Wildman–Crippen MR) is 76.3 cm³/mol. The van der Waals surface area contributed by atoms with Crippen molar-refractivity contribution in [2.75, 3.05) is 7.11 Å². The molecule has 0 saturated carbocycles. The summed E-state index contributed by atoms with van der Waals surface area (Å²) in [6.07, 6.45) is 0. The summed E-state index contributed by atoms with van der Waals surface area (Å²) in [6, 6.07) is 12.7. The number of hydrogen-bond acceptors (Lipinski definition) is 3. The van der Waals surface area contributed by atoms with Crippen molar-refractivity contribution in [2.24, 2.45) is 5.11 Å². The Bertz CT molecular complexity index is 732. The fourth-order valence-electron chi connectivity index (χ4n) is 1.86. The Morgan fingerprint density at radius 1 is 1.05 bits per heavy atom. The highest BCUT2D eigenvalue weighted by atomic mass is 16.5. The largest absolute Gasteiger partial charge is 0.497 e. The summed E-state index contributed by atoms with van der Waals surface area (Å²) in [7, 11) is 1.53. The Kier molecular flexibility index (Phi) is 4.33. The number of hydrogen-bond donors (Lipinski definition) is 0. The summed E-state index contributed by atoms with van der Waals surface area (Å²) < 4.78 is 5.03. The van der Waals surface area contributed by atoms with Crippen molar-refractivity contribution in [3.8, 4) is 5.75 Å². The molecule has 0 N–H and O–H groups in total. The van der Waals surface area contributed by atoms with E-state index in [2.05, 4.69) is 10.0 Å². The Morgan fingerprint density at radius 2 is 1.67 bits per heavy atom. The van der Waals surface area contributed by atoms with E-state index in [9.17, 15) is 9.59 Å². The van der Waals surface area contributed by atoms with E-state index < -0.39 is 5.91 Å². The zero-order valence-corrected chi connectivity index (χ0v) is 11.2. The van der Waals surface area contributed by atoms with Gasteiger partial charge in [0, 0.05) is 21.6 Å². The minimum absolute atomic E-state index is 0.0797. The SMILES string of the molecule is COc1ccc(C(=O)c2ccccc2C(=O)N=[N+]=[N-])cc1. The summed E-state index contributed by atoms with van der Waals surface area (Å²) >= 11 is 0. The Hall–Kier alpha value is -3.11. The van der Waals surface area contributed by atoms with Gasteiger partial charge in [-0.05, 0) is 34.9 Å². The van der Waals surface area contributed by atoms with Crippen LogP contribution in [0, 0.1) is 0 Å². The van der Waals surface area contributed by atoms with E-state index in [0.29, 0.717) is 11.3 Å². The zero-order valence-electron chi connectivity index (χ0n) is 11.2. The van der Waals surface area contributed by atoms with Crippen molar-refractivity contribution in [1.82, 2.24) is 0 Å². The number of carbonyl (C=O) groups excluding carboxylic acids is 2.